The molecule has 0 aliphatic carbocycles. The van der Waals surface area contributed by atoms with Gasteiger partial charge in [-0.2, -0.15) is 0 Å². The van der Waals surface area contributed by atoms with Gasteiger partial charge in [-0.1, -0.05) is 23.7 Å². The molecule has 1 N–H and O–H groups in total. The molecule has 9 heteroatoms. The Kier molecular flexibility index (Phi) is 6.37. The number of ether oxygens (including phenoxy) is 1. The van der Waals surface area contributed by atoms with E-state index in [1.807, 2.05) is 12.1 Å². The first-order valence-corrected chi connectivity index (χ1v) is 10.3. The average Bonchev–Trinajstić information content (AvgIpc) is 2.80. The number of fused-ring (bicyclic) bond motifs is 1. The van der Waals surface area contributed by atoms with E-state index in [4.69, 9.17) is 16.3 Å². The molecule has 1 heterocycles. The molecule has 3 aromatic carbocycles. The van der Waals surface area contributed by atoms with Crippen molar-refractivity contribution in [2.45, 2.75) is 6.54 Å². The van der Waals surface area contributed by atoms with Crippen LogP contribution in [-0.2, 0) is 16.1 Å². The Balaban J connectivity index is 1.49. The highest BCUT2D eigenvalue weighted by atomic mass is 35.5. The van der Waals surface area contributed by atoms with E-state index in [-0.39, 0.29) is 18.2 Å². The number of rotatable bonds is 6. The maximum atomic E-state index is 12.5. The number of hydrogen-bond donors (Lipinski definition) is 1. The van der Waals surface area contributed by atoms with Crippen LogP contribution in [0.4, 0.5) is 17.1 Å². The molecule has 1 aliphatic heterocycles. The highest BCUT2D eigenvalue weighted by molar-refractivity contribution is 6.30. The molecule has 0 atom stereocenters. The van der Waals surface area contributed by atoms with E-state index in [0.717, 1.165) is 5.56 Å². The van der Waals surface area contributed by atoms with E-state index in [9.17, 15) is 19.7 Å². The Morgan fingerprint density at radius 1 is 1.15 bits per heavy atom. The molecule has 33 heavy (non-hydrogen) atoms. The van der Waals surface area contributed by atoms with E-state index in [2.05, 4.69) is 5.32 Å². The fourth-order valence-corrected chi connectivity index (χ4v) is 3.55. The maximum absolute atomic E-state index is 12.5. The van der Waals surface area contributed by atoms with Crippen molar-refractivity contribution in [2.75, 3.05) is 16.8 Å². The summed E-state index contributed by atoms with van der Waals surface area (Å²) < 4.78 is 5.53. The summed E-state index contributed by atoms with van der Waals surface area (Å²) >= 11 is 6.07. The second-order valence-corrected chi connectivity index (χ2v) is 7.69. The molecule has 0 radical (unpaired) electrons. The third-order valence-electron chi connectivity index (χ3n) is 4.93. The number of benzene rings is 3. The number of carbonyl (C=O) groups is 2. The maximum Gasteiger partial charge on any atom is 0.269 e. The van der Waals surface area contributed by atoms with Crippen LogP contribution in [0.3, 0.4) is 0 Å². The minimum atomic E-state index is -0.486. The topological polar surface area (TPSA) is 102 Å². The predicted molar refractivity (Wildman–Crippen MR) is 125 cm³/mol. The first-order valence-electron chi connectivity index (χ1n) is 9.94. The second kappa shape index (κ2) is 9.54. The standard InChI is InChI=1S/C24H18ClN3O5/c25-18-3-1-2-17(12-18)14-27-21-13-19(7-10-22(21)33-15-24(27)30)26-23(29)11-6-16-4-8-20(9-5-16)28(31)32/h1-13H,14-15H2,(H,26,29)/b11-6+. The van der Waals surface area contributed by atoms with Crippen LogP contribution in [0, 0.1) is 10.1 Å². The van der Waals surface area contributed by atoms with Gasteiger partial charge in [-0.25, -0.2) is 0 Å². The normalized spacial score (nSPS) is 12.9. The van der Waals surface area contributed by atoms with E-state index in [1.165, 1.54) is 18.2 Å². The molecule has 4 rings (SSSR count). The van der Waals surface area contributed by atoms with Gasteiger partial charge < -0.3 is 15.0 Å². The van der Waals surface area contributed by atoms with Crippen molar-refractivity contribution in [3.8, 4) is 5.75 Å². The molecule has 3 aromatic rings. The summed E-state index contributed by atoms with van der Waals surface area (Å²) in [6, 6.07) is 18.1. The third kappa shape index (κ3) is 5.36. The van der Waals surface area contributed by atoms with Crippen molar-refractivity contribution in [1.29, 1.82) is 0 Å². The number of nitrogens with one attached hydrogen (secondary N) is 1. The van der Waals surface area contributed by atoms with Crippen LogP contribution in [0.15, 0.2) is 72.8 Å². The van der Waals surface area contributed by atoms with Gasteiger partial charge in [0.15, 0.2) is 6.61 Å². The molecule has 0 spiro atoms. The molecule has 166 valence electrons. The molecule has 8 nitrogen and oxygen atoms in total. The molecule has 0 bridgehead atoms. The molecular weight excluding hydrogens is 446 g/mol. The molecular formula is C24H18ClN3O5. The van der Waals surface area contributed by atoms with Crippen LogP contribution in [0.1, 0.15) is 11.1 Å². The van der Waals surface area contributed by atoms with Crippen LogP contribution in [-0.4, -0.2) is 23.3 Å². The quantitative estimate of drug-likeness (QED) is 0.320. The Hall–Kier alpha value is -4.17. The highest BCUT2D eigenvalue weighted by Crippen LogP contribution is 2.35. The summed E-state index contributed by atoms with van der Waals surface area (Å²) in [6.45, 7) is 0.241. The Labute approximate surface area is 194 Å². The zero-order valence-electron chi connectivity index (χ0n) is 17.2. The van der Waals surface area contributed by atoms with Gasteiger partial charge >= 0.3 is 0 Å². The van der Waals surface area contributed by atoms with Crippen LogP contribution >= 0.6 is 11.6 Å². The van der Waals surface area contributed by atoms with Gasteiger partial charge in [-0.05, 0) is 59.7 Å². The van der Waals surface area contributed by atoms with E-state index < -0.39 is 10.8 Å². The van der Waals surface area contributed by atoms with Gasteiger partial charge in [0.2, 0.25) is 5.91 Å². The van der Waals surface area contributed by atoms with Gasteiger partial charge in [0.25, 0.3) is 11.6 Å². The first-order chi connectivity index (χ1) is 15.9. The minimum Gasteiger partial charge on any atom is -0.482 e. The van der Waals surface area contributed by atoms with Crippen LogP contribution in [0.2, 0.25) is 5.02 Å². The van der Waals surface area contributed by atoms with Crippen molar-refractivity contribution in [2.24, 2.45) is 0 Å². The fraction of sp³-hybridized carbons (Fsp3) is 0.0833. The van der Waals surface area contributed by atoms with Gasteiger partial charge in [0, 0.05) is 28.9 Å². The fourth-order valence-electron chi connectivity index (χ4n) is 3.33. The van der Waals surface area contributed by atoms with Gasteiger partial charge in [-0.3, -0.25) is 19.7 Å². The lowest BCUT2D eigenvalue weighted by Gasteiger charge is -2.30. The van der Waals surface area contributed by atoms with Gasteiger partial charge in [-0.15, -0.1) is 0 Å². The summed E-state index contributed by atoms with van der Waals surface area (Å²) in [4.78, 5) is 36.7. The van der Waals surface area contributed by atoms with Crippen LogP contribution in [0.25, 0.3) is 6.08 Å². The smallest absolute Gasteiger partial charge is 0.269 e. The monoisotopic (exact) mass is 463 g/mol. The molecule has 0 saturated heterocycles. The average molecular weight is 464 g/mol. The molecule has 0 aromatic heterocycles. The first kappa shape index (κ1) is 22.0. The number of hydrogen-bond acceptors (Lipinski definition) is 5. The van der Waals surface area contributed by atoms with Crippen molar-refractivity contribution in [3.05, 3.63) is 99.1 Å². The van der Waals surface area contributed by atoms with E-state index in [1.54, 1.807) is 53.4 Å². The Morgan fingerprint density at radius 2 is 1.94 bits per heavy atom. The second-order valence-electron chi connectivity index (χ2n) is 7.25. The van der Waals surface area contributed by atoms with Crippen molar-refractivity contribution >= 4 is 46.6 Å². The SMILES string of the molecule is O=C(/C=C/c1ccc([N+](=O)[O-])cc1)Nc1ccc2c(c1)N(Cc1cccc(Cl)c1)C(=O)CO2. The number of nitro groups is 1. The number of non-ortho nitro benzene ring substituents is 1. The molecule has 2 amide bonds. The number of amides is 2. The number of halogens is 1. The zero-order valence-corrected chi connectivity index (χ0v) is 18.0. The van der Waals surface area contributed by atoms with E-state index >= 15 is 0 Å². The zero-order chi connectivity index (χ0) is 23.4. The van der Waals surface area contributed by atoms with Crippen molar-refractivity contribution in [3.63, 3.8) is 0 Å². The lowest BCUT2D eigenvalue weighted by molar-refractivity contribution is -0.384. The summed E-state index contributed by atoms with van der Waals surface area (Å²) in [6.07, 6.45) is 2.88. The van der Waals surface area contributed by atoms with Crippen LogP contribution < -0.4 is 15.0 Å². The lowest BCUT2D eigenvalue weighted by atomic mass is 10.1. The Morgan fingerprint density at radius 3 is 2.67 bits per heavy atom. The summed E-state index contributed by atoms with van der Waals surface area (Å²) in [7, 11) is 0. The summed E-state index contributed by atoms with van der Waals surface area (Å²) in [5.74, 6) is -0.0576. The van der Waals surface area contributed by atoms with E-state index in [0.29, 0.717) is 34.3 Å². The van der Waals surface area contributed by atoms with Crippen molar-refractivity contribution < 1.29 is 19.2 Å². The molecule has 1 aliphatic rings. The molecule has 0 unspecified atom stereocenters. The number of anilines is 2. The molecule has 0 fully saturated rings. The highest BCUT2D eigenvalue weighted by Gasteiger charge is 2.26. The summed E-state index contributed by atoms with van der Waals surface area (Å²) in [5.41, 5.74) is 2.52. The number of nitro benzene ring substituents is 1. The van der Waals surface area contributed by atoms with Crippen LogP contribution in [0.5, 0.6) is 5.75 Å². The Bertz CT molecular complexity index is 1260. The number of nitrogens with zero attached hydrogens (tertiary/aromatic N) is 2. The predicted octanol–water partition coefficient (Wildman–Crippen LogP) is 4.83. The largest absolute Gasteiger partial charge is 0.482 e. The minimum absolute atomic E-state index is 0.0234. The van der Waals surface area contributed by atoms with Gasteiger partial charge in [0.1, 0.15) is 5.75 Å². The number of carbonyl (C=O) groups excluding carboxylic acids is 2. The van der Waals surface area contributed by atoms with Gasteiger partial charge in [0.05, 0.1) is 17.2 Å². The van der Waals surface area contributed by atoms with Crippen molar-refractivity contribution in [1.82, 2.24) is 0 Å². The summed E-state index contributed by atoms with van der Waals surface area (Å²) in [5, 5.41) is 14.1. The third-order valence-corrected chi connectivity index (χ3v) is 5.17. The molecule has 0 saturated carbocycles. The lowest BCUT2D eigenvalue weighted by Crippen LogP contribution is -2.38.